The Kier molecular flexibility index (Phi) is 3.18. The third kappa shape index (κ3) is 2.08. The summed E-state index contributed by atoms with van der Waals surface area (Å²) < 4.78 is 5.48. The highest BCUT2D eigenvalue weighted by Gasteiger charge is 2.31. The van der Waals surface area contributed by atoms with Gasteiger partial charge in [-0.25, -0.2) is 0 Å². The number of carbonyl (C=O) groups excluding carboxylic acids is 1. The van der Waals surface area contributed by atoms with Crippen molar-refractivity contribution in [1.29, 1.82) is 0 Å². The van der Waals surface area contributed by atoms with Crippen molar-refractivity contribution >= 4 is 29.0 Å². The van der Waals surface area contributed by atoms with Gasteiger partial charge < -0.3 is 15.4 Å². The Labute approximate surface area is 110 Å². The van der Waals surface area contributed by atoms with Crippen molar-refractivity contribution in [2.24, 2.45) is 0 Å². The molecule has 1 amide bonds. The summed E-state index contributed by atoms with van der Waals surface area (Å²) in [5.74, 6) is 1.01. The average molecular weight is 264 g/mol. The summed E-state index contributed by atoms with van der Waals surface area (Å²) in [5, 5.41) is 0. The number of hydrogen-bond donors (Lipinski definition) is 1. The lowest BCUT2D eigenvalue weighted by molar-refractivity contribution is -0.127. The fourth-order valence-electron chi connectivity index (χ4n) is 2.41. The second kappa shape index (κ2) is 4.82. The van der Waals surface area contributed by atoms with Crippen LogP contribution in [-0.4, -0.2) is 30.9 Å². The van der Waals surface area contributed by atoms with Crippen LogP contribution >= 0.6 is 11.8 Å². The number of nitrogen functional groups attached to an aromatic ring is 1. The van der Waals surface area contributed by atoms with Gasteiger partial charge in [-0.05, 0) is 31.0 Å². The molecule has 0 spiro atoms. The topological polar surface area (TPSA) is 55.6 Å². The van der Waals surface area contributed by atoms with Gasteiger partial charge in [0.2, 0.25) is 0 Å². The number of nitrogens with two attached hydrogens (primary N) is 1. The van der Waals surface area contributed by atoms with E-state index in [0.29, 0.717) is 12.3 Å². The third-order valence-electron chi connectivity index (χ3n) is 3.32. The van der Waals surface area contributed by atoms with Gasteiger partial charge in [-0.2, -0.15) is 0 Å². The number of anilines is 2. The number of thioether (sulfide) groups is 1. The van der Waals surface area contributed by atoms with Crippen LogP contribution in [0.25, 0.3) is 0 Å². The summed E-state index contributed by atoms with van der Waals surface area (Å²) in [4.78, 5) is 15.4. The van der Waals surface area contributed by atoms with E-state index in [1.807, 2.05) is 23.1 Å². The summed E-state index contributed by atoms with van der Waals surface area (Å²) in [5.41, 5.74) is 7.45. The van der Waals surface area contributed by atoms with E-state index in [2.05, 4.69) is 0 Å². The van der Waals surface area contributed by atoms with Crippen LogP contribution in [0.1, 0.15) is 12.8 Å². The zero-order chi connectivity index (χ0) is 12.5. The Morgan fingerprint density at radius 2 is 2.39 bits per heavy atom. The highest BCUT2D eigenvalue weighted by molar-refractivity contribution is 7.99. The van der Waals surface area contributed by atoms with E-state index in [0.717, 1.165) is 35.7 Å². The molecule has 0 aliphatic carbocycles. The fraction of sp³-hybridized carbons (Fsp3) is 0.462. The van der Waals surface area contributed by atoms with Crippen LogP contribution in [0, 0.1) is 0 Å². The number of carbonyl (C=O) groups is 1. The molecule has 2 N–H and O–H groups in total. The lowest BCUT2D eigenvalue weighted by Crippen LogP contribution is -2.42. The minimum absolute atomic E-state index is 0.0830. The van der Waals surface area contributed by atoms with Crippen molar-refractivity contribution in [2.75, 3.05) is 29.5 Å². The maximum atomic E-state index is 12.4. The molecule has 1 atom stereocenters. The van der Waals surface area contributed by atoms with Crippen LogP contribution in [0.3, 0.4) is 0 Å². The monoisotopic (exact) mass is 264 g/mol. The number of fused-ring (bicyclic) bond motifs is 1. The Hall–Kier alpha value is -1.20. The molecular formula is C13H16N2O2S. The van der Waals surface area contributed by atoms with Crippen LogP contribution in [-0.2, 0) is 9.53 Å². The Morgan fingerprint density at radius 1 is 1.50 bits per heavy atom. The molecule has 1 aromatic carbocycles. The van der Waals surface area contributed by atoms with E-state index in [9.17, 15) is 4.79 Å². The number of rotatable bonds is 1. The molecule has 96 valence electrons. The molecule has 0 aromatic heterocycles. The molecule has 2 aliphatic rings. The lowest BCUT2D eigenvalue weighted by atomic mass is 10.2. The molecule has 5 heteroatoms. The maximum Gasteiger partial charge on any atom is 0.256 e. The van der Waals surface area contributed by atoms with E-state index in [1.165, 1.54) is 0 Å². The van der Waals surface area contributed by atoms with Crippen LogP contribution < -0.4 is 10.6 Å². The van der Waals surface area contributed by atoms with Crippen LogP contribution in [0.5, 0.6) is 0 Å². The maximum absolute atomic E-state index is 12.4. The van der Waals surface area contributed by atoms with Crippen LogP contribution in [0.2, 0.25) is 0 Å². The molecule has 2 heterocycles. The van der Waals surface area contributed by atoms with Gasteiger partial charge in [-0.1, -0.05) is 0 Å². The smallest absolute Gasteiger partial charge is 0.256 e. The van der Waals surface area contributed by atoms with Gasteiger partial charge in [0, 0.05) is 29.5 Å². The standard InChI is InChI=1S/C13H16N2O2S/c14-9-3-4-12-10(8-9)15(5-7-18-12)13(16)11-2-1-6-17-11/h3-4,8,11H,1-2,5-7,14H2. The average Bonchev–Trinajstić information content (AvgIpc) is 2.91. The summed E-state index contributed by atoms with van der Waals surface area (Å²) in [6, 6.07) is 5.75. The predicted octanol–water partition coefficient (Wildman–Crippen LogP) is 1.89. The molecule has 1 unspecified atom stereocenters. The molecule has 2 aliphatic heterocycles. The second-order valence-electron chi connectivity index (χ2n) is 4.57. The van der Waals surface area contributed by atoms with Crippen LogP contribution in [0.15, 0.2) is 23.1 Å². The largest absolute Gasteiger partial charge is 0.399 e. The van der Waals surface area contributed by atoms with E-state index < -0.39 is 0 Å². The van der Waals surface area contributed by atoms with Crippen molar-refractivity contribution in [3.8, 4) is 0 Å². The minimum Gasteiger partial charge on any atom is -0.399 e. The Morgan fingerprint density at radius 3 is 3.17 bits per heavy atom. The van der Waals surface area contributed by atoms with Gasteiger partial charge in [-0.15, -0.1) is 11.8 Å². The summed E-state index contributed by atoms with van der Waals surface area (Å²) in [7, 11) is 0. The number of nitrogens with zero attached hydrogens (tertiary/aromatic N) is 1. The highest BCUT2D eigenvalue weighted by atomic mass is 32.2. The van der Waals surface area contributed by atoms with Gasteiger partial charge in [0.25, 0.3) is 5.91 Å². The number of amides is 1. The van der Waals surface area contributed by atoms with Gasteiger partial charge in [0.15, 0.2) is 0 Å². The normalized spacial score (nSPS) is 22.9. The first-order chi connectivity index (χ1) is 8.75. The minimum atomic E-state index is -0.262. The molecule has 1 fully saturated rings. The summed E-state index contributed by atoms with van der Waals surface area (Å²) >= 11 is 1.77. The molecule has 18 heavy (non-hydrogen) atoms. The molecule has 0 saturated carbocycles. The van der Waals surface area contributed by atoms with Gasteiger partial charge in [-0.3, -0.25) is 4.79 Å². The van der Waals surface area contributed by atoms with E-state index in [4.69, 9.17) is 10.5 Å². The fourth-order valence-corrected chi connectivity index (χ4v) is 3.38. The van der Waals surface area contributed by atoms with Crippen molar-refractivity contribution in [3.05, 3.63) is 18.2 Å². The zero-order valence-electron chi connectivity index (χ0n) is 10.1. The molecule has 1 saturated heterocycles. The quantitative estimate of drug-likeness (QED) is 0.787. The first-order valence-electron chi connectivity index (χ1n) is 6.21. The first kappa shape index (κ1) is 11.9. The number of ether oxygens (including phenoxy) is 1. The SMILES string of the molecule is Nc1ccc2c(c1)N(C(=O)C1CCCO1)CCS2. The van der Waals surface area contributed by atoms with E-state index in [1.54, 1.807) is 11.8 Å². The lowest BCUT2D eigenvalue weighted by Gasteiger charge is -2.30. The first-order valence-corrected chi connectivity index (χ1v) is 7.19. The molecule has 4 nitrogen and oxygen atoms in total. The van der Waals surface area contributed by atoms with Gasteiger partial charge >= 0.3 is 0 Å². The predicted molar refractivity (Wildman–Crippen MR) is 72.9 cm³/mol. The molecule has 1 aromatic rings. The van der Waals surface area contributed by atoms with Gasteiger partial charge in [0.1, 0.15) is 6.10 Å². The van der Waals surface area contributed by atoms with Crippen molar-refractivity contribution in [2.45, 2.75) is 23.8 Å². The van der Waals surface area contributed by atoms with E-state index in [-0.39, 0.29) is 12.0 Å². The highest BCUT2D eigenvalue weighted by Crippen LogP contribution is 2.36. The third-order valence-corrected chi connectivity index (χ3v) is 4.36. The Bertz CT molecular complexity index is 472. The zero-order valence-corrected chi connectivity index (χ0v) is 10.9. The molecule has 3 rings (SSSR count). The second-order valence-corrected chi connectivity index (χ2v) is 5.70. The van der Waals surface area contributed by atoms with Crippen molar-refractivity contribution in [3.63, 3.8) is 0 Å². The number of hydrogen-bond acceptors (Lipinski definition) is 4. The van der Waals surface area contributed by atoms with Crippen LogP contribution in [0.4, 0.5) is 11.4 Å². The Balaban J connectivity index is 1.90. The molecule has 0 bridgehead atoms. The van der Waals surface area contributed by atoms with Crippen molar-refractivity contribution in [1.82, 2.24) is 0 Å². The molecular weight excluding hydrogens is 248 g/mol. The molecule has 0 radical (unpaired) electrons. The summed E-state index contributed by atoms with van der Waals surface area (Å²) in [6.07, 6.45) is 1.55. The van der Waals surface area contributed by atoms with Gasteiger partial charge in [0.05, 0.1) is 5.69 Å². The summed E-state index contributed by atoms with van der Waals surface area (Å²) in [6.45, 7) is 1.43. The van der Waals surface area contributed by atoms with Crippen molar-refractivity contribution < 1.29 is 9.53 Å². The number of benzene rings is 1. The van der Waals surface area contributed by atoms with E-state index >= 15 is 0 Å².